The molecule has 1 heterocycles. The second-order valence-corrected chi connectivity index (χ2v) is 5.63. The summed E-state index contributed by atoms with van der Waals surface area (Å²) in [5.74, 6) is 0.702. The number of nitrogens with zero attached hydrogens (tertiary/aromatic N) is 2. The second kappa shape index (κ2) is 7.48. The predicted molar refractivity (Wildman–Crippen MR) is 85.8 cm³/mol. The van der Waals surface area contributed by atoms with E-state index in [0.717, 1.165) is 24.3 Å². The van der Waals surface area contributed by atoms with E-state index >= 15 is 0 Å². The highest BCUT2D eigenvalue weighted by Gasteiger charge is 2.08. The molecule has 0 radical (unpaired) electrons. The summed E-state index contributed by atoms with van der Waals surface area (Å²) in [6.07, 6.45) is 3.65. The number of hydrogen-bond donors (Lipinski definition) is 1. The van der Waals surface area contributed by atoms with Gasteiger partial charge in [-0.05, 0) is 38.1 Å². The third kappa shape index (κ3) is 4.22. The van der Waals surface area contributed by atoms with E-state index in [2.05, 4.69) is 35.6 Å². The van der Waals surface area contributed by atoms with Crippen LogP contribution in [0.1, 0.15) is 38.1 Å². The van der Waals surface area contributed by atoms with Crippen molar-refractivity contribution < 1.29 is 4.74 Å². The molecular weight excluding hydrogens is 286 g/mol. The van der Waals surface area contributed by atoms with Crippen LogP contribution in [0.5, 0.6) is 5.75 Å². The first-order valence-corrected chi connectivity index (χ1v) is 7.62. The van der Waals surface area contributed by atoms with E-state index in [1.165, 1.54) is 0 Å². The van der Waals surface area contributed by atoms with Crippen molar-refractivity contribution in [3.8, 4) is 5.75 Å². The Labute approximate surface area is 131 Å². The minimum atomic E-state index is 0.365. The Morgan fingerprint density at radius 3 is 2.86 bits per heavy atom. The van der Waals surface area contributed by atoms with E-state index in [4.69, 9.17) is 16.3 Å². The van der Waals surface area contributed by atoms with Crippen molar-refractivity contribution in [2.75, 3.05) is 6.54 Å². The highest BCUT2D eigenvalue weighted by molar-refractivity contribution is 6.32. The van der Waals surface area contributed by atoms with Crippen LogP contribution in [0.15, 0.2) is 30.7 Å². The first-order valence-electron chi connectivity index (χ1n) is 7.24. The number of aromatic nitrogens is 2. The van der Waals surface area contributed by atoms with Gasteiger partial charge in [-0.2, -0.15) is 0 Å². The fourth-order valence-corrected chi connectivity index (χ4v) is 2.36. The monoisotopic (exact) mass is 307 g/mol. The van der Waals surface area contributed by atoms with Crippen LogP contribution in [-0.2, 0) is 13.2 Å². The van der Waals surface area contributed by atoms with Crippen molar-refractivity contribution in [2.45, 2.75) is 40.0 Å². The number of imidazole rings is 1. The average molecular weight is 308 g/mol. The lowest BCUT2D eigenvalue weighted by Crippen LogP contribution is -2.11. The molecule has 1 aromatic heterocycles. The van der Waals surface area contributed by atoms with Crippen LogP contribution in [0, 0.1) is 0 Å². The molecule has 2 rings (SSSR count). The van der Waals surface area contributed by atoms with E-state index in [9.17, 15) is 0 Å². The largest absolute Gasteiger partial charge is 0.486 e. The standard InChI is InChI=1S/C16H22ClN3O/c1-4-18-8-13-5-6-16(15(17)7-13)21-10-14-9-19-11-20(14)12(2)3/h5-7,9,11-12,18H,4,8,10H2,1-3H3. The van der Waals surface area contributed by atoms with Gasteiger partial charge in [-0.1, -0.05) is 24.6 Å². The van der Waals surface area contributed by atoms with Gasteiger partial charge in [0, 0.05) is 12.6 Å². The minimum absolute atomic E-state index is 0.365. The van der Waals surface area contributed by atoms with Crippen molar-refractivity contribution in [1.82, 2.24) is 14.9 Å². The van der Waals surface area contributed by atoms with Gasteiger partial charge >= 0.3 is 0 Å². The smallest absolute Gasteiger partial charge is 0.138 e. The van der Waals surface area contributed by atoms with Gasteiger partial charge in [0.25, 0.3) is 0 Å². The molecule has 4 nitrogen and oxygen atoms in total. The molecule has 1 aromatic carbocycles. The van der Waals surface area contributed by atoms with E-state index in [0.29, 0.717) is 23.4 Å². The van der Waals surface area contributed by atoms with Crippen LogP contribution < -0.4 is 10.1 Å². The van der Waals surface area contributed by atoms with Gasteiger partial charge in [-0.3, -0.25) is 0 Å². The molecule has 1 N–H and O–H groups in total. The Morgan fingerprint density at radius 2 is 2.19 bits per heavy atom. The Kier molecular flexibility index (Phi) is 5.65. The molecule has 0 bridgehead atoms. The fraction of sp³-hybridized carbons (Fsp3) is 0.438. The molecule has 0 spiro atoms. The zero-order chi connectivity index (χ0) is 15.2. The maximum atomic E-state index is 6.28. The van der Waals surface area contributed by atoms with Crippen molar-refractivity contribution in [3.05, 3.63) is 47.0 Å². The van der Waals surface area contributed by atoms with E-state index in [-0.39, 0.29) is 0 Å². The molecule has 0 amide bonds. The van der Waals surface area contributed by atoms with Gasteiger partial charge in [-0.25, -0.2) is 4.98 Å². The van der Waals surface area contributed by atoms with Gasteiger partial charge in [0.05, 0.1) is 23.2 Å². The number of rotatable bonds is 7. The molecule has 0 atom stereocenters. The SMILES string of the molecule is CCNCc1ccc(OCc2cncn2C(C)C)c(Cl)c1. The first-order chi connectivity index (χ1) is 10.1. The third-order valence-electron chi connectivity index (χ3n) is 3.25. The van der Waals surface area contributed by atoms with Gasteiger partial charge in [0.15, 0.2) is 0 Å². The van der Waals surface area contributed by atoms with Crippen molar-refractivity contribution >= 4 is 11.6 Å². The zero-order valence-electron chi connectivity index (χ0n) is 12.8. The molecule has 21 heavy (non-hydrogen) atoms. The highest BCUT2D eigenvalue weighted by Crippen LogP contribution is 2.26. The Bertz CT molecular complexity index is 581. The van der Waals surface area contributed by atoms with Crippen molar-refractivity contribution in [3.63, 3.8) is 0 Å². The summed E-state index contributed by atoms with van der Waals surface area (Å²) in [5, 5.41) is 3.91. The Hall–Kier alpha value is -1.52. The fourth-order valence-electron chi connectivity index (χ4n) is 2.10. The molecule has 2 aromatic rings. The van der Waals surface area contributed by atoms with Crippen LogP contribution in [-0.4, -0.2) is 16.1 Å². The van der Waals surface area contributed by atoms with Gasteiger partial charge in [-0.15, -0.1) is 0 Å². The summed E-state index contributed by atoms with van der Waals surface area (Å²) in [6, 6.07) is 6.26. The topological polar surface area (TPSA) is 39.1 Å². The molecule has 0 saturated carbocycles. The number of hydrogen-bond acceptors (Lipinski definition) is 3. The third-order valence-corrected chi connectivity index (χ3v) is 3.55. The maximum Gasteiger partial charge on any atom is 0.138 e. The Balaban J connectivity index is 2.01. The van der Waals surface area contributed by atoms with Crippen LogP contribution in [0.4, 0.5) is 0 Å². The molecule has 5 heteroatoms. The van der Waals surface area contributed by atoms with E-state index < -0.39 is 0 Å². The summed E-state index contributed by atoms with van der Waals surface area (Å²) < 4.78 is 7.91. The Morgan fingerprint density at radius 1 is 1.38 bits per heavy atom. The summed E-state index contributed by atoms with van der Waals surface area (Å²) in [5.41, 5.74) is 2.19. The summed E-state index contributed by atoms with van der Waals surface area (Å²) >= 11 is 6.28. The van der Waals surface area contributed by atoms with Crippen LogP contribution in [0.2, 0.25) is 5.02 Å². The summed E-state index contributed by atoms with van der Waals surface area (Å²) in [6.45, 7) is 8.54. The van der Waals surface area contributed by atoms with Crippen LogP contribution >= 0.6 is 11.6 Å². The molecule has 0 fully saturated rings. The van der Waals surface area contributed by atoms with E-state index in [1.54, 1.807) is 0 Å². The number of nitrogens with one attached hydrogen (secondary N) is 1. The second-order valence-electron chi connectivity index (χ2n) is 5.22. The number of ether oxygens (including phenoxy) is 1. The number of benzene rings is 1. The lowest BCUT2D eigenvalue weighted by Gasteiger charge is -2.13. The van der Waals surface area contributed by atoms with Crippen molar-refractivity contribution in [2.24, 2.45) is 0 Å². The van der Waals surface area contributed by atoms with E-state index in [1.807, 2.05) is 30.7 Å². The quantitative estimate of drug-likeness (QED) is 0.845. The first kappa shape index (κ1) is 15.9. The normalized spacial score (nSPS) is 11.1. The average Bonchev–Trinajstić information content (AvgIpc) is 2.92. The van der Waals surface area contributed by atoms with Crippen LogP contribution in [0.25, 0.3) is 0 Å². The molecule has 0 aliphatic carbocycles. The van der Waals surface area contributed by atoms with Gasteiger partial charge in [0.1, 0.15) is 12.4 Å². The van der Waals surface area contributed by atoms with Gasteiger partial charge < -0.3 is 14.6 Å². The number of halogens is 1. The summed E-state index contributed by atoms with van der Waals surface area (Å²) in [7, 11) is 0. The summed E-state index contributed by atoms with van der Waals surface area (Å²) in [4.78, 5) is 4.17. The molecule has 0 aliphatic rings. The molecule has 0 aliphatic heterocycles. The molecule has 114 valence electrons. The molecule has 0 unspecified atom stereocenters. The van der Waals surface area contributed by atoms with Crippen molar-refractivity contribution in [1.29, 1.82) is 0 Å². The molecule has 0 saturated heterocycles. The molecular formula is C16H22ClN3O. The lowest BCUT2D eigenvalue weighted by molar-refractivity contribution is 0.292. The lowest BCUT2D eigenvalue weighted by atomic mass is 10.2. The van der Waals surface area contributed by atoms with Crippen LogP contribution in [0.3, 0.4) is 0 Å². The maximum absolute atomic E-state index is 6.28. The minimum Gasteiger partial charge on any atom is -0.486 e. The predicted octanol–water partition coefficient (Wildman–Crippen LogP) is 3.81. The van der Waals surface area contributed by atoms with Gasteiger partial charge in [0.2, 0.25) is 0 Å². The zero-order valence-corrected chi connectivity index (χ0v) is 13.5. The highest BCUT2D eigenvalue weighted by atomic mass is 35.5.